The summed E-state index contributed by atoms with van der Waals surface area (Å²) in [6.45, 7) is 4.76. The van der Waals surface area contributed by atoms with Gasteiger partial charge in [0.1, 0.15) is 0 Å². The predicted octanol–water partition coefficient (Wildman–Crippen LogP) is 1.35. The van der Waals surface area contributed by atoms with Gasteiger partial charge < -0.3 is 15.7 Å². The van der Waals surface area contributed by atoms with Crippen molar-refractivity contribution in [3.05, 3.63) is 17.8 Å². The average molecular weight is 248 g/mol. The number of pyridine rings is 1. The van der Waals surface area contributed by atoms with Crippen LogP contribution < -0.4 is 10.6 Å². The van der Waals surface area contributed by atoms with Gasteiger partial charge in [0.2, 0.25) is 0 Å². The van der Waals surface area contributed by atoms with Gasteiger partial charge in [-0.3, -0.25) is 0 Å². The third kappa shape index (κ3) is 2.88. The fourth-order valence-corrected chi connectivity index (χ4v) is 1.64. The summed E-state index contributed by atoms with van der Waals surface area (Å²) in [7, 11) is 0. The third-order valence-corrected chi connectivity index (χ3v) is 2.60. The fraction of sp³-hybridized carbons (Fsp3) is 0.417. The number of rotatable bonds is 5. The number of hydrogen-bond donors (Lipinski definition) is 2. The summed E-state index contributed by atoms with van der Waals surface area (Å²) in [6.07, 6.45) is 1.41. The predicted molar refractivity (Wildman–Crippen MR) is 68.3 cm³/mol. The second kappa shape index (κ2) is 5.87. The number of nitrogens with two attached hydrogens (primary N) is 1. The van der Waals surface area contributed by atoms with Crippen LogP contribution in [0.5, 0.6) is 0 Å². The van der Waals surface area contributed by atoms with Crippen molar-refractivity contribution in [1.82, 2.24) is 4.98 Å². The maximum Gasteiger partial charge on any atom is 0.337 e. The Morgan fingerprint density at radius 2 is 2.39 bits per heavy atom. The molecule has 1 aromatic rings. The number of nitriles is 1. The van der Waals surface area contributed by atoms with E-state index in [1.165, 1.54) is 12.3 Å². The van der Waals surface area contributed by atoms with Crippen molar-refractivity contribution in [1.29, 1.82) is 5.26 Å². The zero-order valence-electron chi connectivity index (χ0n) is 10.4. The molecule has 0 aliphatic rings. The summed E-state index contributed by atoms with van der Waals surface area (Å²) in [6, 6.07) is 3.49. The molecule has 0 amide bonds. The lowest BCUT2D eigenvalue weighted by Crippen LogP contribution is -2.29. The molecule has 0 radical (unpaired) electrons. The normalized spacial score (nSPS) is 11.6. The highest BCUT2D eigenvalue weighted by Crippen LogP contribution is 2.24. The minimum Gasteiger partial charge on any atom is -0.478 e. The lowest BCUT2D eigenvalue weighted by atomic mass is 10.1. The molecule has 0 saturated heterocycles. The van der Waals surface area contributed by atoms with E-state index in [0.717, 1.165) is 0 Å². The van der Waals surface area contributed by atoms with Gasteiger partial charge in [-0.2, -0.15) is 5.26 Å². The van der Waals surface area contributed by atoms with Crippen LogP contribution in [0.3, 0.4) is 0 Å². The van der Waals surface area contributed by atoms with Crippen LogP contribution in [0.4, 0.5) is 11.5 Å². The second-order valence-corrected chi connectivity index (χ2v) is 3.97. The Labute approximate surface area is 106 Å². The second-order valence-electron chi connectivity index (χ2n) is 3.97. The van der Waals surface area contributed by atoms with E-state index >= 15 is 0 Å². The van der Waals surface area contributed by atoms with Crippen LogP contribution in [0.2, 0.25) is 0 Å². The number of nitrogens with zero attached hydrogens (tertiary/aromatic N) is 3. The smallest absolute Gasteiger partial charge is 0.337 e. The summed E-state index contributed by atoms with van der Waals surface area (Å²) >= 11 is 0. The Hall–Kier alpha value is -2.29. The largest absolute Gasteiger partial charge is 0.478 e. The van der Waals surface area contributed by atoms with Gasteiger partial charge in [-0.15, -0.1) is 0 Å². The van der Waals surface area contributed by atoms with Crippen molar-refractivity contribution < 1.29 is 9.90 Å². The quantitative estimate of drug-likeness (QED) is 0.815. The topological polar surface area (TPSA) is 103 Å². The molecule has 0 aliphatic heterocycles. The van der Waals surface area contributed by atoms with Crippen LogP contribution in [0.1, 0.15) is 24.2 Å². The van der Waals surface area contributed by atoms with Gasteiger partial charge in [-0.1, -0.05) is 0 Å². The molecule has 96 valence electrons. The van der Waals surface area contributed by atoms with E-state index in [9.17, 15) is 4.79 Å². The van der Waals surface area contributed by atoms with Crippen LogP contribution in [-0.4, -0.2) is 29.1 Å². The molecule has 3 N–H and O–H groups in total. The van der Waals surface area contributed by atoms with E-state index in [0.29, 0.717) is 18.9 Å². The number of carboxylic acids is 1. The standard InChI is InChI=1S/C12H16N4O2/c1-3-16(7-8(2)6-13)11-10(14)9(12(17)18)4-5-15-11/h4-5,8H,3,7,14H2,1-2H3,(H,17,18). The molecule has 0 bridgehead atoms. The summed E-state index contributed by atoms with van der Waals surface area (Å²) < 4.78 is 0. The number of hydrogen-bond acceptors (Lipinski definition) is 5. The molecular formula is C12H16N4O2. The molecule has 0 saturated carbocycles. The maximum atomic E-state index is 11.0. The molecule has 0 fully saturated rings. The molecule has 0 aromatic carbocycles. The van der Waals surface area contributed by atoms with E-state index in [1.807, 2.05) is 6.92 Å². The minimum atomic E-state index is -1.08. The average Bonchev–Trinajstić information content (AvgIpc) is 2.35. The summed E-state index contributed by atoms with van der Waals surface area (Å²) in [5.74, 6) is -0.848. The minimum absolute atomic E-state index is 0.0306. The Bertz CT molecular complexity index is 481. The van der Waals surface area contributed by atoms with Crippen molar-refractivity contribution in [2.45, 2.75) is 13.8 Å². The van der Waals surface area contributed by atoms with Gasteiger partial charge in [0.15, 0.2) is 5.82 Å². The number of carboxylic acid groups (broad SMARTS) is 1. The van der Waals surface area contributed by atoms with Crippen LogP contribution in [0, 0.1) is 17.2 Å². The first kappa shape index (κ1) is 13.8. The molecule has 1 heterocycles. The van der Waals surface area contributed by atoms with Gasteiger partial charge >= 0.3 is 5.97 Å². The lowest BCUT2D eigenvalue weighted by Gasteiger charge is -2.24. The van der Waals surface area contributed by atoms with Gasteiger partial charge in [0, 0.05) is 19.3 Å². The molecule has 1 atom stereocenters. The molecule has 6 nitrogen and oxygen atoms in total. The first-order valence-corrected chi connectivity index (χ1v) is 5.63. The van der Waals surface area contributed by atoms with Crippen LogP contribution >= 0.6 is 0 Å². The molecule has 0 aliphatic carbocycles. The molecule has 1 unspecified atom stereocenters. The number of aromatic nitrogens is 1. The Morgan fingerprint density at radius 1 is 1.72 bits per heavy atom. The molecule has 1 aromatic heterocycles. The van der Waals surface area contributed by atoms with Crippen molar-refractivity contribution in [3.8, 4) is 6.07 Å². The van der Waals surface area contributed by atoms with E-state index in [2.05, 4.69) is 11.1 Å². The Kier molecular flexibility index (Phi) is 4.49. The van der Waals surface area contributed by atoms with E-state index < -0.39 is 5.97 Å². The summed E-state index contributed by atoms with van der Waals surface area (Å²) in [5.41, 5.74) is 5.98. The molecule has 6 heteroatoms. The third-order valence-electron chi connectivity index (χ3n) is 2.60. The molecule has 1 rings (SSSR count). The van der Waals surface area contributed by atoms with E-state index in [-0.39, 0.29) is 17.2 Å². The molecule has 18 heavy (non-hydrogen) atoms. The van der Waals surface area contributed by atoms with Gasteiger partial charge in [0.25, 0.3) is 0 Å². The van der Waals surface area contributed by atoms with Crippen molar-refractivity contribution in [3.63, 3.8) is 0 Å². The summed E-state index contributed by atoms with van der Waals surface area (Å²) in [4.78, 5) is 16.9. The number of aromatic carboxylic acids is 1. The zero-order valence-corrected chi connectivity index (χ0v) is 10.4. The fourth-order valence-electron chi connectivity index (χ4n) is 1.64. The number of carbonyl (C=O) groups is 1. The zero-order chi connectivity index (χ0) is 13.7. The van der Waals surface area contributed by atoms with Gasteiger partial charge in [-0.25, -0.2) is 9.78 Å². The first-order valence-electron chi connectivity index (χ1n) is 5.63. The van der Waals surface area contributed by atoms with Crippen molar-refractivity contribution >= 4 is 17.5 Å². The highest BCUT2D eigenvalue weighted by molar-refractivity contribution is 5.96. The maximum absolute atomic E-state index is 11.0. The van der Waals surface area contributed by atoms with E-state index in [1.54, 1.807) is 11.8 Å². The van der Waals surface area contributed by atoms with Crippen molar-refractivity contribution in [2.75, 3.05) is 23.7 Å². The first-order chi connectivity index (χ1) is 8.51. The highest BCUT2D eigenvalue weighted by Gasteiger charge is 2.17. The summed E-state index contributed by atoms with van der Waals surface area (Å²) in [5, 5.41) is 17.8. The highest BCUT2D eigenvalue weighted by atomic mass is 16.4. The number of nitrogen functional groups attached to an aromatic ring is 1. The number of anilines is 2. The molecule has 0 spiro atoms. The Morgan fingerprint density at radius 3 is 2.89 bits per heavy atom. The van der Waals surface area contributed by atoms with Crippen LogP contribution in [0.25, 0.3) is 0 Å². The van der Waals surface area contributed by atoms with Gasteiger partial charge in [-0.05, 0) is 19.9 Å². The lowest BCUT2D eigenvalue weighted by molar-refractivity contribution is 0.0698. The Balaban J connectivity index is 3.11. The van der Waals surface area contributed by atoms with E-state index in [4.69, 9.17) is 16.1 Å². The SMILES string of the molecule is CCN(CC(C)C#N)c1nccc(C(=O)O)c1N. The monoisotopic (exact) mass is 248 g/mol. The van der Waals surface area contributed by atoms with Crippen LogP contribution in [-0.2, 0) is 0 Å². The van der Waals surface area contributed by atoms with Crippen molar-refractivity contribution in [2.24, 2.45) is 5.92 Å². The van der Waals surface area contributed by atoms with Crippen LogP contribution in [0.15, 0.2) is 12.3 Å². The molecular weight excluding hydrogens is 232 g/mol. The van der Waals surface area contributed by atoms with Gasteiger partial charge in [0.05, 0.1) is 23.2 Å².